The summed E-state index contributed by atoms with van der Waals surface area (Å²) in [5.41, 5.74) is 0.0515. The molecule has 6 nitrogen and oxygen atoms in total. The van der Waals surface area contributed by atoms with Gasteiger partial charge in [-0.2, -0.15) is 8.78 Å². The Bertz CT molecular complexity index is 823. The smallest absolute Gasteiger partial charge is 0.387 e. The van der Waals surface area contributed by atoms with E-state index in [0.717, 1.165) is 0 Å². The van der Waals surface area contributed by atoms with Crippen molar-refractivity contribution in [1.29, 1.82) is 0 Å². The number of rotatable bonds is 8. The fourth-order valence-electron chi connectivity index (χ4n) is 2.32. The van der Waals surface area contributed by atoms with Crippen molar-refractivity contribution in [2.45, 2.75) is 19.1 Å². The highest BCUT2D eigenvalue weighted by atomic mass is 79.9. The summed E-state index contributed by atoms with van der Waals surface area (Å²) < 4.78 is 30.5. The third kappa shape index (κ3) is 4.89. The molecule has 1 atom stereocenters. The van der Waals surface area contributed by atoms with Gasteiger partial charge in [0, 0.05) is 16.1 Å². The first kappa shape index (κ1) is 20.1. The van der Waals surface area contributed by atoms with E-state index in [2.05, 4.69) is 37.5 Å². The predicted molar refractivity (Wildman–Crippen MR) is 97.9 cm³/mol. The van der Waals surface area contributed by atoms with E-state index in [1.165, 1.54) is 24.3 Å². The molecule has 2 rings (SSSR count). The Kier molecular flexibility index (Phi) is 6.87. The van der Waals surface area contributed by atoms with Crippen molar-refractivity contribution < 1.29 is 18.4 Å². The zero-order chi connectivity index (χ0) is 19.3. The molecule has 1 unspecified atom stereocenters. The first-order valence-corrected chi connectivity index (χ1v) is 8.42. The van der Waals surface area contributed by atoms with E-state index in [0.29, 0.717) is 10.0 Å². The molecule has 0 saturated heterocycles. The topological polar surface area (TPSA) is 77.3 Å². The SMILES string of the molecule is C=CCC(Nc1nc(Cl)ccc1[N+](=O)[O-])c1c(Br)cccc1OC(F)F. The number of halogens is 4. The summed E-state index contributed by atoms with van der Waals surface area (Å²) in [4.78, 5) is 14.5. The molecule has 10 heteroatoms. The highest BCUT2D eigenvalue weighted by Crippen LogP contribution is 2.38. The molecule has 1 aromatic carbocycles. The van der Waals surface area contributed by atoms with Crippen LogP contribution in [0, 0.1) is 10.1 Å². The fourth-order valence-corrected chi connectivity index (χ4v) is 3.09. The molecule has 2 aromatic rings. The zero-order valence-electron chi connectivity index (χ0n) is 13.2. The van der Waals surface area contributed by atoms with Crippen LogP contribution >= 0.6 is 27.5 Å². The summed E-state index contributed by atoms with van der Waals surface area (Å²) in [5, 5.41) is 14.1. The minimum absolute atomic E-state index is 0.0478. The van der Waals surface area contributed by atoms with Crippen molar-refractivity contribution in [3.63, 3.8) is 0 Å². The summed E-state index contributed by atoms with van der Waals surface area (Å²) in [6.45, 7) is 0.616. The quantitative estimate of drug-likeness (QED) is 0.241. The Morgan fingerprint density at radius 3 is 2.77 bits per heavy atom. The lowest BCUT2D eigenvalue weighted by molar-refractivity contribution is -0.384. The molecule has 0 aliphatic rings. The molecule has 0 spiro atoms. The first-order valence-electron chi connectivity index (χ1n) is 7.25. The summed E-state index contributed by atoms with van der Waals surface area (Å²) in [6, 6.07) is 6.38. The molecule has 0 aliphatic heterocycles. The van der Waals surface area contributed by atoms with Gasteiger partial charge in [0.05, 0.1) is 11.0 Å². The molecule has 0 saturated carbocycles. The van der Waals surface area contributed by atoms with Crippen LogP contribution < -0.4 is 10.1 Å². The maximum absolute atomic E-state index is 12.7. The predicted octanol–water partition coefficient (Wildman–Crippen LogP) is 5.74. The Hall–Kier alpha value is -2.26. The van der Waals surface area contributed by atoms with Gasteiger partial charge >= 0.3 is 12.3 Å². The third-order valence-corrected chi connectivity index (χ3v) is 4.23. The van der Waals surface area contributed by atoms with E-state index in [1.54, 1.807) is 12.1 Å². The molecular formula is C16H13BrClF2N3O3. The van der Waals surface area contributed by atoms with Crippen molar-refractivity contribution in [1.82, 2.24) is 4.98 Å². The number of nitrogens with one attached hydrogen (secondary N) is 1. The van der Waals surface area contributed by atoms with E-state index in [-0.39, 0.29) is 28.8 Å². The van der Waals surface area contributed by atoms with Gasteiger partial charge in [-0.15, -0.1) is 6.58 Å². The van der Waals surface area contributed by atoms with Gasteiger partial charge in [0.1, 0.15) is 10.9 Å². The Morgan fingerprint density at radius 1 is 1.42 bits per heavy atom. The summed E-state index contributed by atoms with van der Waals surface area (Å²) in [6.07, 6.45) is 1.80. The molecule has 138 valence electrons. The van der Waals surface area contributed by atoms with Crippen LogP contribution in [0.25, 0.3) is 0 Å². The number of nitro groups is 1. The normalized spacial score (nSPS) is 11.9. The van der Waals surface area contributed by atoms with E-state index in [4.69, 9.17) is 11.6 Å². The Morgan fingerprint density at radius 2 is 2.15 bits per heavy atom. The lowest BCUT2D eigenvalue weighted by atomic mass is 10.0. The molecular weight excluding hydrogens is 436 g/mol. The van der Waals surface area contributed by atoms with Gasteiger partial charge in [-0.25, -0.2) is 4.98 Å². The highest BCUT2D eigenvalue weighted by molar-refractivity contribution is 9.10. The lowest BCUT2D eigenvalue weighted by Crippen LogP contribution is -2.15. The molecule has 0 bridgehead atoms. The van der Waals surface area contributed by atoms with Gasteiger partial charge in [0.25, 0.3) is 0 Å². The second kappa shape index (κ2) is 8.91. The van der Waals surface area contributed by atoms with Crippen molar-refractivity contribution >= 4 is 39.0 Å². The van der Waals surface area contributed by atoms with Crippen LogP contribution in [-0.2, 0) is 0 Å². The number of ether oxygens (including phenoxy) is 1. The molecule has 1 N–H and O–H groups in total. The van der Waals surface area contributed by atoms with Gasteiger partial charge in [-0.1, -0.05) is 39.7 Å². The van der Waals surface area contributed by atoms with Crippen LogP contribution in [0.15, 0.2) is 47.5 Å². The maximum Gasteiger partial charge on any atom is 0.387 e. The maximum atomic E-state index is 12.7. The molecule has 0 amide bonds. The Labute approximate surface area is 161 Å². The average molecular weight is 449 g/mol. The van der Waals surface area contributed by atoms with E-state index < -0.39 is 17.6 Å². The van der Waals surface area contributed by atoms with E-state index >= 15 is 0 Å². The lowest BCUT2D eigenvalue weighted by Gasteiger charge is -2.22. The van der Waals surface area contributed by atoms with Crippen LogP contribution in [0.1, 0.15) is 18.0 Å². The van der Waals surface area contributed by atoms with Crippen LogP contribution in [0.4, 0.5) is 20.3 Å². The Balaban J connectivity index is 2.50. The van der Waals surface area contributed by atoms with E-state index in [9.17, 15) is 18.9 Å². The number of aromatic nitrogens is 1. The van der Waals surface area contributed by atoms with Gasteiger partial charge in [0.15, 0.2) is 0 Å². The standard InChI is InChI=1S/C16H13BrClF2N3O3/c1-2-4-10(14-9(17)5-3-6-12(14)26-16(19)20)21-15-11(23(24)25)7-8-13(18)22-15/h2-3,5-8,10,16H,1,4H2,(H,21,22). The van der Waals surface area contributed by atoms with E-state index in [1.807, 2.05) is 0 Å². The molecule has 1 heterocycles. The minimum atomic E-state index is -3.02. The zero-order valence-corrected chi connectivity index (χ0v) is 15.5. The number of pyridine rings is 1. The monoisotopic (exact) mass is 447 g/mol. The average Bonchev–Trinajstić information content (AvgIpc) is 2.54. The highest BCUT2D eigenvalue weighted by Gasteiger charge is 2.24. The van der Waals surface area contributed by atoms with Crippen molar-refractivity contribution in [3.05, 3.63) is 68.3 Å². The third-order valence-electron chi connectivity index (χ3n) is 3.33. The van der Waals surface area contributed by atoms with Gasteiger partial charge < -0.3 is 10.1 Å². The molecule has 0 fully saturated rings. The minimum Gasteiger partial charge on any atom is -0.434 e. The number of anilines is 1. The molecule has 0 aliphatic carbocycles. The molecule has 0 radical (unpaired) electrons. The van der Waals surface area contributed by atoms with Gasteiger partial charge in [0.2, 0.25) is 5.82 Å². The summed E-state index contributed by atoms with van der Waals surface area (Å²) in [7, 11) is 0. The number of alkyl halides is 2. The van der Waals surface area contributed by atoms with Crippen LogP contribution in [0.2, 0.25) is 5.15 Å². The number of hydrogen-bond acceptors (Lipinski definition) is 5. The van der Waals surface area contributed by atoms with Crippen molar-refractivity contribution in [3.8, 4) is 5.75 Å². The van der Waals surface area contributed by atoms with Crippen molar-refractivity contribution in [2.75, 3.05) is 5.32 Å². The molecule has 1 aromatic heterocycles. The second-order valence-corrected chi connectivity index (χ2v) is 6.25. The van der Waals surface area contributed by atoms with Crippen LogP contribution in [0.5, 0.6) is 5.75 Å². The largest absolute Gasteiger partial charge is 0.434 e. The second-order valence-electron chi connectivity index (χ2n) is 5.01. The van der Waals surface area contributed by atoms with Gasteiger partial charge in [-0.05, 0) is 24.6 Å². The number of nitrogens with zero attached hydrogens (tertiary/aromatic N) is 2. The molecule has 26 heavy (non-hydrogen) atoms. The van der Waals surface area contributed by atoms with Crippen molar-refractivity contribution in [2.24, 2.45) is 0 Å². The van der Waals surface area contributed by atoms with Crippen LogP contribution in [-0.4, -0.2) is 16.5 Å². The fraction of sp³-hybridized carbons (Fsp3) is 0.188. The van der Waals surface area contributed by atoms with Gasteiger partial charge in [-0.3, -0.25) is 10.1 Å². The first-order chi connectivity index (χ1) is 12.3. The number of benzene rings is 1. The summed E-state index contributed by atoms with van der Waals surface area (Å²) >= 11 is 9.14. The summed E-state index contributed by atoms with van der Waals surface area (Å²) in [5.74, 6) is -0.161. The number of hydrogen-bond donors (Lipinski definition) is 1. The van der Waals surface area contributed by atoms with Crippen LogP contribution in [0.3, 0.4) is 0 Å².